The number of benzene rings is 2. The van der Waals surface area contributed by atoms with Crippen molar-refractivity contribution in [2.45, 2.75) is 24.9 Å². The fourth-order valence-electron chi connectivity index (χ4n) is 2.83. The summed E-state index contributed by atoms with van der Waals surface area (Å²) in [5, 5.41) is 0.468. The van der Waals surface area contributed by atoms with Crippen LogP contribution in [0.2, 0.25) is 5.02 Å². The number of hydrogen-bond donors (Lipinski definition) is 0. The topological polar surface area (TPSA) is 22.1 Å². The Morgan fingerprint density at radius 2 is 1.71 bits per heavy atom. The molecule has 0 fully saturated rings. The number of nitrogens with zero attached hydrogens (tertiary/aromatic N) is 1. The first kappa shape index (κ1) is 20.1. The van der Waals surface area contributed by atoms with Crippen LogP contribution in [0.4, 0.5) is 17.6 Å². The summed E-state index contributed by atoms with van der Waals surface area (Å²) in [4.78, 5) is 4.34. The molecule has 146 valence electrons. The van der Waals surface area contributed by atoms with E-state index in [1.165, 1.54) is 24.4 Å². The van der Waals surface area contributed by atoms with Crippen LogP contribution in [0.3, 0.4) is 0 Å². The van der Waals surface area contributed by atoms with Gasteiger partial charge in [0, 0.05) is 17.8 Å². The third-order valence-electron chi connectivity index (χ3n) is 4.16. The van der Waals surface area contributed by atoms with Gasteiger partial charge in [-0.3, -0.25) is 4.98 Å². The summed E-state index contributed by atoms with van der Waals surface area (Å²) in [6.45, 7) is 0. The van der Waals surface area contributed by atoms with Crippen molar-refractivity contribution in [2.24, 2.45) is 0 Å². The van der Waals surface area contributed by atoms with Gasteiger partial charge in [-0.2, -0.15) is 17.6 Å². The summed E-state index contributed by atoms with van der Waals surface area (Å²) < 4.78 is 55.7. The van der Waals surface area contributed by atoms with E-state index < -0.39 is 12.5 Å². The molecule has 0 saturated heterocycles. The molecule has 2 aromatic carbocycles. The third-order valence-corrected chi connectivity index (χ3v) is 4.38. The molecule has 3 aromatic rings. The largest absolute Gasteiger partial charge is 0.461 e. The van der Waals surface area contributed by atoms with Gasteiger partial charge in [0.25, 0.3) is 0 Å². The van der Waals surface area contributed by atoms with Crippen LogP contribution >= 0.6 is 11.6 Å². The molecule has 1 aromatic heterocycles. The van der Waals surface area contributed by atoms with Crippen LogP contribution in [0, 0.1) is 0 Å². The zero-order valence-corrected chi connectivity index (χ0v) is 15.3. The van der Waals surface area contributed by atoms with Crippen LogP contribution in [0.1, 0.15) is 22.7 Å². The molecule has 7 heteroatoms. The molecule has 1 unspecified atom stereocenters. The molecule has 1 atom stereocenters. The summed E-state index contributed by atoms with van der Waals surface area (Å²) in [7, 11) is 0. The van der Waals surface area contributed by atoms with Gasteiger partial charge in [0.1, 0.15) is 5.75 Å². The molecule has 0 spiro atoms. The second kappa shape index (κ2) is 8.61. The van der Waals surface area contributed by atoms with Gasteiger partial charge in [-0.05, 0) is 41.8 Å². The maximum atomic E-state index is 13.3. The minimum absolute atomic E-state index is 0.302. The molecule has 28 heavy (non-hydrogen) atoms. The summed E-state index contributed by atoms with van der Waals surface area (Å²) in [6.07, 6.45) is -6.45. The van der Waals surface area contributed by atoms with Gasteiger partial charge in [0.05, 0.1) is 5.02 Å². The minimum Gasteiger partial charge on any atom is -0.428 e. The highest BCUT2D eigenvalue weighted by Crippen LogP contribution is 2.33. The SMILES string of the molecule is FC(F)C(F)(F)Oc1cccc(C(Cc2ccccc2)c2ccc(Cl)cn2)c1. The fraction of sp³-hybridized carbons (Fsp3) is 0.190. The lowest BCUT2D eigenvalue weighted by Crippen LogP contribution is -2.33. The van der Waals surface area contributed by atoms with Crippen molar-refractivity contribution in [1.29, 1.82) is 0 Å². The average molecular weight is 410 g/mol. The molecule has 0 aliphatic rings. The van der Waals surface area contributed by atoms with Crippen molar-refractivity contribution in [2.75, 3.05) is 0 Å². The Hall–Kier alpha value is -2.60. The lowest BCUT2D eigenvalue weighted by Gasteiger charge is -2.20. The molecule has 1 heterocycles. The Labute approximate surface area is 164 Å². The number of alkyl halides is 4. The number of halogens is 5. The van der Waals surface area contributed by atoms with E-state index in [0.29, 0.717) is 22.7 Å². The van der Waals surface area contributed by atoms with Crippen LogP contribution < -0.4 is 4.74 Å². The zero-order valence-electron chi connectivity index (χ0n) is 14.5. The number of aromatic nitrogens is 1. The number of rotatable bonds is 7. The van der Waals surface area contributed by atoms with E-state index in [2.05, 4.69) is 9.72 Å². The zero-order chi connectivity index (χ0) is 20.1. The van der Waals surface area contributed by atoms with Gasteiger partial charge in [0.2, 0.25) is 0 Å². The van der Waals surface area contributed by atoms with E-state index in [-0.39, 0.29) is 11.7 Å². The summed E-state index contributed by atoms with van der Waals surface area (Å²) in [5.74, 6) is -0.641. The highest BCUT2D eigenvalue weighted by molar-refractivity contribution is 6.30. The molecule has 0 radical (unpaired) electrons. The first-order valence-electron chi connectivity index (χ1n) is 8.45. The molecule has 0 amide bonds. The van der Waals surface area contributed by atoms with E-state index in [4.69, 9.17) is 11.6 Å². The Morgan fingerprint density at radius 1 is 0.964 bits per heavy atom. The lowest BCUT2D eigenvalue weighted by atomic mass is 9.89. The van der Waals surface area contributed by atoms with Gasteiger partial charge in [-0.15, -0.1) is 0 Å². The van der Waals surface area contributed by atoms with Gasteiger partial charge in [0.15, 0.2) is 0 Å². The van der Waals surface area contributed by atoms with Crippen LogP contribution in [-0.2, 0) is 6.42 Å². The van der Waals surface area contributed by atoms with E-state index in [1.54, 1.807) is 18.2 Å². The van der Waals surface area contributed by atoms with Gasteiger partial charge < -0.3 is 4.74 Å². The molecular formula is C21H16ClF4NO. The first-order chi connectivity index (χ1) is 13.3. The summed E-state index contributed by atoms with van der Waals surface area (Å²) in [5.41, 5.74) is 2.29. The minimum atomic E-state index is -4.56. The second-order valence-electron chi connectivity index (χ2n) is 6.18. The normalized spacial score (nSPS) is 12.8. The van der Waals surface area contributed by atoms with Gasteiger partial charge >= 0.3 is 12.5 Å². The number of pyridine rings is 1. The molecule has 0 aliphatic heterocycles. The molecular weight excluding hydrogens is 394 g/mol. The smallest absolute Gasteiger partial charge is 0.428 e. The predicted molar refractivity (Wildman–Crippen MR) is 99.3 cm³/mol. The Morgan fingerprint density at radius 3 is 2.36 bits per heavy atom. The molecule has 0 saturated carbocycles. The van der Waals surface area contributed by atoms with E-state index >= 15 is 0 Å². The molecule has 0 N–H and O–H groups in total. The van der Waals surface area contributed by atoms with Gasteiger partial charge in [-0.25, -0.2) is 0 Å². The quantitative estimate of drug-likeness (QED) is 0.424. The van der Waals surface area contributed by atoms with Crippen LogP contribution in [0.15, 0.2) is 72.9 Å². The average Bonchev–Trinajstić information content (AvgIpc) is 2.67. The second-order valence-corrected chi connectivity index (χ2v) is 6.62. The van der Waals surface area contributed by atoms with Crippen molar-refractivity contribution in [1.82, 2.24) is 4.98 Å². The van der Waals surface area contributed by atoms with Crippen LogP contribution in [0.5, 0.6) is 5.75 Å². The molecule has 0 bridgehead atoms. The van der Waals surface area contributed by atoms with Gasteiger partial charge in [-0.1, -0.05) is 54.1 Å². The van der Waals surface area contributed by atoms with Crippen molar-refractivity contribution >= 4 is 11.6 Å². The van der Waals surface area contributed by atoms with Crippen LogP contribution in [-0.4, -0.2) is 17.5 Å². The molecule has 0 aliphatic carbocycles. The van der Waals surface area contributed by atoms with E-state index in [0.717, 1.165) is 5.56 Å². The monoisotopic (exact) mass is 409 g/mol. The van der Waals surface area contributed by atoms with Crippen LogP contribution in [0.25, 0.3) is 0 Å². The predicted octanol–water partition coefficient (Wildman–Crippen LogP) is 6.35. The Kier molecular flexibility index (Phi) is 6.19. The fourth-order valence-corrected chi connectivity index (χ4v) is 2.94. The van der Waals surface area contributed by atoms with Crippen molar-refractivity contribution in [3.63, 3.8) is 0 Å². The first-order valence-corrected chi connectivity index (χ1v) is 8.83. The van der Waals surface area contributed by atoms with Crippen molar-refractivity contribution in [3.8, 4) is 5.75 Å². The standard InChI is InChI=1S/C21H16ClF4NO/c22-16-9-10-19(27-13-16)18(11-14-5-2-1-3-6-14)15-7-4-8-17(12-15)28-21(25,26)20(23)24/h1-10,12-13,18,20H,11H2. The maximum Gasteiger partial charge on any atom is 0.461 e. The summed E-state index contributed by atoms with van der Waals surface area (Å²) in [6, 6.07) is 18.7. The number of hydrogen-bond acceptors (Lipinski definition) is 2. The van der Waals surface area contributed by atoms with E-state index in [9.17, 15) is 17.6 Å². The van der Waals surface area contributed by atoms with E-state index in [1.807, 2.05) is 30.3 Å². The Balaban J connectivity index is 1.96. The van der Waals surface area contributed by atoms with Crippen molar-refractivity contribution in [3.05, 3.63) is 94.8 Å². The molecule has 2 nitrogen and oxygen atoms in total. The van der Waals surface area contributed by atoms with Crippen molar-refractivity contribution < 1.29 is 22.3 Å². The highest BCUT2D eigenvalue weighted by Gasteiger charge is 2.44. The highest BCUT2D eigenvalue weighted by atomic mass is 35.5. The summed E-state index contributed by atoms with van der Waals surface area (Å²) >= 11 is 5.91. The maximum absolute atomic E-state index is 13.3. The lowest BCUT2D eigenvalue weighted by molar-refractivity contribution is -0.253. The molecule has 3 rings (SSSR count). The Bertz CT molecular complexity index is 904. The number of ether oxygens (including phenoxy) is 1. The third kappa shape index (κ3) is 5.01.